The topological polar surface area (TPSA) is 32.8 Å². The highest BCUT2D eigenvalue weighted by molar-refractivity contribution is 7.09. The van der Waals surface area contributed by atoms with E-state index in [1.807, 2.05) is 42.2 Å². The van der Waals surface area contributed by atoms with Crippen LogP contribution < -0.4 is 4.74 Å². The Morgan fingerprint density at radius 1 is 1.16 bits per heavy atom. The molecule has 0 unspecified atom stereocenters. The largest absolute Gasteiger partial charge is 0.483 e. The van der Waals surface area contributed by atoms with Crippen molar-refractivity contribution in [2.45, 2.75) is 20.3 Å². The van der Waals surface area contributed by atoms with Gasteiger partial charge in [0.15, 0.2) is 6.61 Å². The molecule has 1 aromatic carbocycles. The summed E-state index contributed by atoms with van der Waals surface area (Å²) in [4.78, 5) is 18.2. The van der Waals surface area contributed by atoms with Crippen molar-refractivity contribution in [3.8, 4) is 5.75 Å². The SMILES string of the molecule is Cc1ccc(C)c(OCC(=O)N2CCN(CCc3cccs3)CC2)c1. The number of carbonyl (C=O) groups excluding carboxylic acids is 1. The van der Waals surface area contributed by atoms with Gasteiger partial charge in [-0.2, -0.15) is 0 Å². The first-order chi connectivity index (χ1) is 12.1. The summed E-state index contributed by atoms with van der Waals surface area (Å²) in [6, 6.07) is 10.4. The summed E-state index contributed by atoms with van der Waals surface area (Å²) < 4.78 is 5.75. The van der Waals surface area contributed by atoms with Crippen molar-refractivity contribution in [3.63, 3.8) is 0 Å². The van der Waals surface area contributed by atoms with Crippen LogP contribution in [0, 0.1) is 13.8 Å². The Kier molecular flexibility index (Phi) is 6.10. The van der Waals surface area contributed by atoms with E-state index in [4.69, 9.17) is 4.74 Å². The van der Waals surface area contributed by atoms with Crippen LogP contribution >= 0.6 is 11.3 Å². The minimum absolute atomic E-state index is 0.0822. The Morgan fingerprint density at radius 2 is 1.96 bits per heavy atom. The molecular formula is C20H26N2O2S. The Balaban J connectivity index is 1.41. The molecule has 2 aromatic rings. The van der Waals surface area contributed by atoms with E-state index in [9.17, 15) is 4.79 Å². The van der Waals surface area contributed by atoms with Gasteiger partial charge in [0, 0.05) is 37.6 Å². The lowest BCUT2D eigenvalue weighted by Gasteiger charge is -2.34. The van der Waals surface area contributed by atoms with Crippen molar-refractivity contribution in [2.75, 3.05) is 39.3 Å². The van der Waals surface area contributed by atoms with E-state index < -0.39 is 0 Å². The molecule has 0 spiro atoms. The third-order valence-corrected chi connectivity index (χ3v) is 5.61. The van der Waals surface area contributed by atoms with Crippen LogP contribution in [0.15, 0.2) is 35.7 Å². The molecule has 1 aliphatic rings. The highest BCUT2D eigenvalue weighted by Crippen LogP contribution is 2.19. The Bertz CT molecular complexity index is 692. The van der Waals surface area contributed by atoms with Crippen molar-refractivity contribution >= 4 is 17.2 Å². The summed E-state index contributed by atoms with van der Waals surface area (Å²) >= 11 is 1.82. The maximum absolute atomic E-state index is 12.4. The van der Waals surface area contributed by atoms with Crippen LogP contribution in [0.25, 0.3) is 0 Å². The quantitative estimate of drug-likeness (QED) is 0.795. The van der Waals surface area contributed by atoms with Gasteiger partial charge in [0.1, 0.15) is 5.75 Å². The van der Waals surface area contributed by atoms with Gasteiger partial charge in [-0.05, 0) is 48.9 Å². The van der Waals surface area contributed by atoms with Crippen LogP contribution in [-0.4, -0.2) is 55.0 Å². The van der Waals surface area contributed by atoms with Gasteiger partial charge in [0.25, 0.3) is 5.91 Å². The minimum Gasteiger partial charge on any atom is -0.483 e. The number of piperazine rings is 1. The molecule has 1 amide bonds. The zero-order chi connectivity index (χ0) is 17.6. The fourth-order valence-corrected chi connectivity index (χ4v) is 3.74. The molecule has 25 heavy (non-hydrogen) atoms. The molecule has 3 rings (SSSR count). The molecule has 1 saturated heterocycles. The van der Waals surface area contributed by atoms with Crippen LogP contribution in [0.5, 0.6) is 5.75 Å². The average molecular weight is 359 g/mol. The first-order valence-electron chi connectivity index (χ1n) is 8.84. The third-order valence-electron chi connectivity index (χ3n) is 4.67. The van der Waals surface area contributed by atoms with E-state index in [-0.39, 0.29) is 12.5 Å². The fourth-order valence-electron chi connectivity index (χ4n) is 3.04. The Labute approximate surface area is 154 Å². The maximum Gasteiger partial charge on any atom is 0.260 e. The van der Waals surface area contributed by atoms with Crippen molar-refractivity contribution in [2.24, 2.45) is 0 Å². The smallest absolute Gasteiger partial charge is 0.260 e. The van der Waals surface area contributed by atoms with Gasteiger partial charge >= 0.3 is 0 Å². The number of rotatable bonds is 6. The second-order valence-corrected chi connectivity index (χ2v) is 7.64. The predicted octanol–water partition coefficient (Wildman–Crippen LogP) is 3.13. The number of ether oxygens (including phenoxy) is 1. The first-order valence-corrected chi connectivity index (χ1v) is 9.72. The van der Waals surface area contributed by atoms with Crippen LogP contribution in [0.4, 0.5) is 0 Å². The average Bonchev–Trinajstić information content (AvgIpc) is 3.14. The number of thiophene rings is 1. The summed E-state index contributed by atoms with van der Waals surface area (Å²) in [7, 11) is 0. The molecule has 0 aliphatic carbocycles. The second-order valence-electron chi connectivity index (χ2n) is 6.61. The predicted molar refractivity (Wildman–Crippen MR) is 102 cm³/mol. The van der Waals surface area contributed by atoms with Gasteiger partial charge in [-0.3, -0.25) is 9.69 Å². The highest BCUT2D eigenvalue weighted by Gasteiger charge is 2.21. The maximum atomic E-state index is 12.4. The van der Waals surface area contributed by atoms with Crippen LogP contribution in [0.2, 0.25) is 0 Å². The molecule has 0 N–H and O–H groups in total. The molecule has 0 bridgehead atoms. The normalized spacial score (nSPS) is 15.4. The fraction of sp³-hybridized carbons (Fsp3) is 0.450. The van der Waals surface area contributed by atoms with Crippen molar-refractivity contribution < 1.29 is 9.53 Å². The molecule has 1 aliphatic heterocycles. The van der Waals surface area contributed by atoms with Gasteiger partial charge in [-0.1, -0.05) is 18.2 Å². The Morgan fingerprint density at radius 3 is 2.68 bits per heavy atom. The van der Waals surface area contributed by atoms with E-state index in [2.05, 4.69) is 28.5 Å². The zero-order valence-corrected chi connectivity index (χ0v) is 15.8. The van der Waals surface area contributed by atoms with E-state index in [1.54, 1.807) is 0 Å². The van der Waals surface area contributed by atoms with Crippen LogP contribution in [0.3, 0.4) is 0 Å². The standard InChI is InChI=1S/C20H26N2O2S/c1-16-5-6-17(2)19(14-16)24-15-20(23)22-11-9-21(10-12-22)8-7-18-4-3-13-25-18/h3-6,13-14H,7-12,15H2,1-2H3. The number of hydrogen-bond acceptors (Lipinski definition) is 4. The molecular weight excluding hydrogens is 332 g/mol. The van der Waals surface area contributed by atoms with E-state index in [1.165, 1.54) is 4.88 Å². The highest BCUT2D eigenvalue weighted by atomic mass is 32.1. The van der Waals surface area contributed by atoms with E-state index in [0.717, 1.165) is 56.0 Å². The van der Waals surface area contributed by atoms with Gasteiger partial charge in [-0.25, -0.2) is 0 Å². The summed E-state index contributed by atoms with van der Waals surface area (Å²) in [5.41, 5.74) is 2.21. The lowest BCUT2D eigenvalue weighted by atomic mass is 10.1. The second kappa shape index (κ2) is 8.50. The summed E-state index contributed by atoms with van der Waals surface area (Å²) in [6.07, 6.45) is 1.10. The van der Waals surface area contributed by atoms with Gasteiger partial charge in [0.2, 0.25) is 0 Å². The van der Waals surface area contributed by atoms with E-state index >= 15 is 0 Å². The van der Waals surface area contributed by atoms with Crippen LogP contribution in [-0.2, 0) is 11.2 Å². The number of amides is 1. The molecule has 1 fully saturated rings. The summed E-state index contributed by atoms with van der Waals surface area (Å²) in [5.74, 6) is 0.891. The molecule has 4 nitrogen and oxygen atoms in total. The van der Waals surface area contributed by atoms with E-state index in [0.29, 0.717) is 0 Å². The van der Waals surface area contributed by atoms with Crippen molar-refractivity contribution in [1.82, 2.24) is 9.80 Å². The molecule has 2 heterocycles. The summed E-state index contributed by atoms with van der Waals surface area (Å²) in [5, 5.41) is 2.13. The minimum atomic E-state index is 0.0822. The molecule has 0 saturated carbocycles. The first kappa shape index (κ1) is 18.0. The number of carbonyl (C=O) groups is 1. The van der Waals surface area contributed by atoms with Crippen LogP contribution in [0.1, 0.15) is 16.0 Å². The number of hydrogen-bond donors (Lipinski definition) is 0. The number of nitrogens with zero attached hydrogens (tertiary/aromatic N) is 2. The third kappa shape index (κ3) is 5.06. The van der Waals surface area contributed by atoms with Crippen molar-refractivity contribution in [3.05, 3.63) is 51.7 Å². The number of benzene rings is 1. The monoisotopic (exact) mass is 358 g/mol. The molecule has 134 valence electrons. The van der Waals surface area contributed by atoms with Gasteiger partial charge < -0.3 is 9.64 Å². The molecule has 1 aromatic heterocycles. The lowest BCUT2D eigenvalue weighted by Crippen LogP contribution is -2.50. The zero-order valence-electron chi connectivity index (χ0n) is 15.0. The lowest BCUT2D eigenvalue weighted by molar-refractivity contribution is -0.135. The molecule has 0 atom stereocenters. The molecule has 5 heteroatoms. The van der Waals surface area contributed by atoms with Crippen molar-refractivity contribution in [1.29, 1.82) is 0 Å². The van der Waals surface area contributed by atoms with Gasteiger partial charge in [-0.15, -0.1) is 11.3 Å². The molecule has 0 radical (unpaired) electrons. The Hall–Kier alpha value is -1.85. The number of aryl methyl sites for hydroxylation is 2. The van der Waals surface area contributed by atoms with Gasteiger partial charge in [0.05, 0.1) is 0 Å². The summed E-state index contributed by atoms with van der Waals surface area (Å²) in [6.45, 7) is 8.70.